The van der Waals surface area contributed by atoms with E-state index in [-0.39, 0.29) is 12.1 Å². The van der Waals surface area contributed by atoms with E-state index in [2.05, 4.69) is 22.2 Å². The summed E-state index contributed by atoms with van der Waals surface area (Å²) in [6, 6.07) is 11.1. The van der Waals surface area contributed by atoms with Crippen molar-refractivity contribution in [2.24, 2.45) is 0 Å². The highest BCUT2D eigenvalue weighted by Crippen LogP contribution is 2.17. The van der Waals surface area contributed by atoms with Gasteiger partial charge in [0, 0.05) is 44.5 Å². The molecule has 1 aliphatic heterocycles. The van der Waals surface area contributed by atoms with Crippen LogP contribution < -0.4 is 11.1 Å². The monoisotopic (exact) mass is 442 g/mol. The predicted molar refractivity (Wildman–Crippen MR) is 120 cm³/mol. The molecule has 0 spiro atoms. The number of halogens is 1. The summed E-state index contributed by atoms with van der Waals surface area (Å²) in [5, 5.41) is 2.72. The standard InChI is InChI=1S/C23H27FN4O4/c1-26-9-11-27(12-10-26)8-3-13-31-22(29)25-19-5-2-4-17(14-19)16-28-20-7-6-18(24)15-21(20)32-23(28)30/h2,4-7,14-15H,3,8-13,16H2,1H3,(H,25,29). The Hall–Kier alpha value is -3.17. The van der Waals surface area contributed by atoms with Crippen molar-refractivity contribution in [3.8, 4) is 0 Å². The number of amides is 1. The van der Waals surface area contributed by atoms with Crippen LogP contribution >= 0.6 is 0 Å². The van der Waals surface area contributed by atoms with E-state index in [1.54, 1.807) is 18.2 Å². The van der Waals surface area contributed by atoms with Crippen LogP contribution in [-0.4, -0.2) is 66.8 Å². The van der Waals surface area contributed by atoms with Gasteiger partial charge in [-0.05, 0) is 43.3 Å². The Balaban J connectivity index is 1.29. The van der Waals surface area contributed by atoms with E-state index in [1.807, 2.05) is 6.07 Å². The number of nitrogens with zero attached hydrogens (tertiary/aromatic N) is 3. The van der Waals surface area contributed by atoms with Gasteiger partial charge in [0.1, 0.15) is 5.82 Å². The molecule has 4 rings (SSSR count). The molecule has 9 heteroatoms. The number of carbonyl (C=O) groups is 1. The number of anilines is 1. The van der Waals surface area contributed by atoms with Crippen LogP contribution in [0.2, 0.25) is 0 Å². The topological polar surface area (TPSA) is 80.0 Å². The number of carbonyl (C=O) groups excluding carboxylic acids is 1. The third-order valence-corrected chi connectivity index (χ3v) is 5.59. The fraction of sp³-hybridized carbons (Fsp3) is 0.391. The first-order valence-corrected chi connectivity index (χ1v) is 10.7. The summed E-state index contributed by atoms with van der Waals surface area (Å²) in [6.45, 7) is 5.70. The Labute approximate surface area is 185 Å². The zero-order valence-corrected chi connectivity index (χ0v) is 18.1. The lowest BCUT2D eigenvalue weighted by molar-refractivity contribution is 0.130. The third kappa shape index (κ3) is 5.54. The first-order valence-electron chi connectivity index (χ1n) is 10.7. The summed E-state index contributed by atoms with van der Waals surface area (Å²) < 4.78 is 25.2. The number of oxazole rings is 1. The van der Waals surface area contributed by atoms with Crippen molar-refractivity contribution in [3.05, 3.63) is 64.4 Å². The van der Waals surface area contributed by atoms with Gasteiger partial charge in [0.2, 0.25) is 0 Å². The number of piperazine rings is 1. The molecule has 1 fully saturated rings. The lowest BCUT2D eigenvalue weighted by Crippen LogP contribution is -2.44. The van der Waals surface area contributed by atoms with E-state index in [9.17, 15) is 14.0 Å². The van der Waals surface area contributed by atoms with E-state index in [1.165, 1.54) is 22.8 Å². The van der Waals surface area contributed by atoms with Crippen LogP contribution in [0.1, 0.15) is 12.0 Å². The summed E-state index contributed by atoms with van der Waals surface area (Å²) in [5.41, 5.74) is 2.06. The molecule has 1 aliphatic rings. The molecule has 2 aromatic carbocycles. The van der Waals surface area contributed by atoms with Crippen molar-refractivity contribution >= 4 is 22.9 Å². The molecule has 1 amide bonds. The molecule has 1 saturated heterocycles. The van der Waals surface area contributed by atoms with Crippen LogP contribution in [-0.2, 0) is 11.3 Å². The van der Waals surface area contributed by atoms with Gasteiger partial charge in [0.05, 0.1) is 18.7 Å². The van der Waals surface area contributed by atoms with Crippen LogP contribution in [0.4, 0.5) is 14.9 Å². The zero-order valence-electron chi connectivity index (χ0n) is 18.1. The van der Waals surface area contributed by atoms with Crippen molar-refractivity contribution < 1.29 is 18.3 Å². The largest absolute Gasteiger partial charge is 0.449 e. The van der Waals surface area contributed by atoms with E-state index in [0.29, 0.717) is 17.8 Å². The third-order valence-electron chi connectivity index (χ3n) is 5.59. The number of benzene rings is 2. The Morgan fingerprint density at radius 3 is 2.78 bits per heavy atom. The number of ether oxygens (including phenoxy) is 1. The summed E-state index contributed by atoms with van der Waals surface area (Å²) in [7, 11) is 2.12. The molecule has 1 N–H and O–H groups in total. The first kappa shape index (κ1) is 22.0. The SMILES string of the molecule is CN1CCN(CCCOC(=O)Nc2cccc(Cn3c(=O)oc4cc(F)ccc43)c2)CC1. The maximum Gasteiger partial charge on any atom is 0.420 e. The van der Waals surface area contributed by atoms with Gasteiger partial charge >= 0.3 is 11.8 Å². The molecular formula is C23H27FN4O4. The number of hydrogen-bond acceptors (Lipinski definition) is 6. The number of fused-ring (bicyclic) bond motifs is 1. The average Bonchev–Trinajstić information content (AvgIpc) is 3.07. The Morgan fingerprint density at radius 2 is 1.97 bits per heavy atom. The van der Waals surface area contributed by atoms with Gasteiger partial charge in [-0.1, -0.05) is 12.1 Å². The molecule has 0 radical (unpaired) electrons. The second-order valence-corrected chi connectivity index (χ2v) is 8.03. The number of hydrogen-bond donors (Lipinski definition) is 1. The maximum absolute atomic E-state index is 13.4. The lowest BCUT2D eigenvalue weighted by atomic mass is 10.2. The van der Waals surface area contributed by atoms with E-state index in [0.717, 1.165) is 44.7 Å². The van der Waals surface area contributed by atoms with Gasteiger partial charge in [-0.3, -0.25) is 9.88 Å². The van der Waals surface area contributed by atoms with Gasteiger partial charge < -0.3 is 19.0 Å². The highest BCUT2D eigenvalue weighted by molar-refractivity contribution is 5.84. The molecule has 0 bridgehead atoms. The molecule has 8 nitrogen and oxygen atoms in total. The molecule has 0 atom stereocenters. The highest BCUT2D eigenvalue weighted by atomic mass is 19.1. The van der Waals surface area contributed by atoms with Crippen molar-refractivity contribution in [1.82, 2.24) is 14.4 Å². The second kappa shape index (κ2) is 9.97. The van der Waals surface area contributed by atoms with Gasteiger partial charge in [-0.2, -0.15) is 0 Å². The number of nitrogens with one attached hydrogen (secondary N) is 1. The van der Waals surface area contributed by atoms with E-state index >= 15 is 0 Å². The molecule has 3 aromatic rings. The molecular weight excluding hydrogens is 415 g/mol. The number of likely N-dealkylation sites (N-methyl/N-ethyl adjacent to an activating group) is 1. The maximum atomic E-state index is 13.4. The van der Waals surface area contributed by atoms with Gasteiger partial charge in [0.25, 0.3) is 0 Å². The van der Waals surface area contributed by atoms with Gasteiger partial charge in [0.15, 0.2) is 5.58 Å². The summed E-state index contributed by atoms with van der Waals surface area (Å²) >= 11 is 0. The minimum atomic E-state index is -0.566. The van der Waals surface area contributed by atoms with Crippen molar-refractivity contribution in [2.45, 2.75) is 13.0 Å². The van der Waals surface area contributed by atoms with Gasteiger partial charge in [-0.25, -0.2) is 14.0 Å². The quantitative estimate of drug-likeness (QED) is 0.567. The molecule has 1 aromatic heterocycles. The second-order valence-electron chi connectivity index (χ2n) is 8.03. The molecule has 0 aliphatic carbocycles. The molecule has 170 valence electrons. The van der Waals surface area contributed by atoms with Crippen molar-refractivity contribution in [3.63, 3.8) is 0 Å². The normalized spacial score (nSPS) is 15.2. The smallest absolute Gasteiger partial charge is 0.420 e. The molecule has 0 saturated carbocycles. The lowest BCUT2D eigenvalue weighted by Gasteiger charge is -2.32. The van der Waals surface area contributed by atoms with Crippen LogP contribution in [0.25, 0.3) is 11.1 Å². The molecule has 32 heavy (non-hydrogen) atoms. The Bertz CT molecular complexity index is 1130. The highest BCUT2D eigenvalue weighted by Gasteiger charge is 2.14. The van der Waals surface area contributed by atoms with E-state index in [4.69, 9.17) is 9.15 Å². The van der Waals surface area contributed by atoms with Crippen molar-refractivity contribution in [2.75, 3.05) is 51.7 Å². The Morgan fingerprint density at radius 1 is 1.16 bits per heavy atom. The molecule has 2 heterocycles. The van der Waals surface area contributed by atoms with Crippen LogP contribution in [0.5, 0.6) is 0 Å². The number of rotatable bonds is 7. The van der Waals surface area contributed by atoms with Gasteiger partial charge in [-0.15, -0.1) is 0 Å². The minimum absolute atomic E-state index is 0.199. The fourth-order valence-corrected chi connectivity index (χ4v) is 3.80. The van der Waals surface area contributed by atoms with E-state index < -0.39 is 17.7 Å². The first-order chi connectivity index (χ1) is 15.5. The average molecular weight is 442 g/mol. The summed E-state index contributed by atoms with van der Waals surface area (Å²) in [4.78, 5) is 29.0. The van der Waals surface area contributed by atoms with Crippen LogP contribution in [0.15, 0.2) is 51.7 Å². The van der Waals surface area contributed by atoms with Crippen molar-refractivity contribution in [1.29, 1.82) is 0 Å². The van der Waals surface area contributed by atoms with Crippen LogP contribution in [0, 0.1) is 5.82 Å². The minimum Gasteiger partial charge on any atom is -0.449 e. The van der Waals surface area contributed by atoms with Crippen LogP contribution in [0.3, 0.4) is 0 Å². The summed E-state index contributed by atoms with van der Waals surface area (Å²) in [5.74, 6) is -1.03. The number of aromatic nitrogens is 1. The fourth-order valence-electron chi connectivity index (χ4n) is 3.80. The summed E-state index contributed by atoms with van der Waals surface area (Å²) in [6.07, 6.45) is 0.274. The zero-order chi connectivity index (χ0) is 22.5. The Kier molecular flexibility index (Phi) is 6.87. The predicted octanol–water partition coefficient (Wildman–Crippen LogP) is 2.97. The molecule has 0 unspecified atom stereocenters.